The summed E-state index contributed by atoms with van der Waals surface area (Å²) in [5.41, 5.74) is 0. The van der Waals surface area contributed by atoms with Crippen molar-refractivity contribution >= 4 is 6.09 Å². The Balaban J connectivity index is 3.38. The van der Waals surface area contributed by atoms with Gasteiger partial charge in [-0.05, 0) is 12.3 Å². The van der Waals surface area contributed by atoms with Crippen LogP contribution in [0.5, 0.6) is 0 Å². The summed E-state index contributed by atoms with van der Waals surface area (Å²) in [5.74, 6) is 0.595. The first-order valence-electron chi connectivity index (χ1n) is 5.28. The lowest BCUT2D eigenvalue weighted by Gasteiger charge is -2.09. The maximum absolute atomic E-state index is 11.6. The molecule has 0 spiro atoms. The van der Waals surface area contributed by atoms with Crippen molar-refractivity contribution in [1.82, 2.24) is 5.32 Å². The van der Waals surface area contributed by atoms with Crippen molar-refractivity contribution in [2.24, 2.45) is 5.92 Å². The van der Waals surface area contributed by atoms with Crippen molar-refractivity contribution in [3.05, 3.63) is 0 Å². The van der Waals surface area contributed by atoms with E-state index in [0.717, 1.165) is 19.3 Å². The smallest absolute Gasteiger partial charge is 0.422 e. The van der Waals surface area contributed by atoms with Gasteiger partial charge in [-0.25, -0.2) is 4.79 Å². The number of unbranched alkanes of at least 4 members (excludes halogenated alkanes) is 1. The van der Waals surface area contributed by atoms with Crippen LogP contribution in [-0.2, 0) is 4.74 Å². The average Bonchev–Trinajstić information content (AvgIpc) is 2.12. The number of halogens is 3. The van der Waals surface area contributed by atoms with Crippen molar-refractivity contribution in [3.63, 3.8) is 0 Å². The summed E-state index contributed by atoms with van der Waals surface area (Å²) in [7, 11) is 0. The van der Waals surface area contributed by atoms with E-state index >= 15 is 0 Å². The van der Waals surface area contributed by atoms with E-state index in [2.05, 4.69) is 23.9 Å². The van der Waals surface area contributed by atoms with Crippen molar-refractivity contribution < 1.29 is 22.7 Å². The highest BCUT2D eigenvalue weighted by Crippen LogP contribution is 2.14. The maximum Gasteiger partial charge on any atom is 0.422 e. The number of carbonyl (C=O) groups excluding carboxylic acids is 1. The summed E-state index contributed by atoms with van der Waals surface area (Å²) < 4.78 is 38.9. The SMILES string of the molecule is CC(C)CCCCNC(=O)OCC(F)(F)F. The van der Waals surface area contributed by atoms with Crippen LogP contribution in [0.1, 0.15) is 33.1 Å². The Morgan fingerprint density at radius 2 is 1.94 bits per heavy atom. The lowest BCUT2D eigenvalue weighted by atomic mass is 10.1. The number of nitrogens with one attached hydrogen (secondary N) is 1. The highest BCUT2D eigenvalue weighted by molar-refractivity contribution is 5.67. The zero-order valence-electron chi connectivity index (χ0n) is 9.56. The van der Waals surface area contributed by atoms with E-state index in [1.54, 1.807) is 0 Å². The number of hydrogen-bond donors (Lipinski definition) is 1. The van der Waals surface area contributed by atoms with Gasteiger partial charge in [0.2, 0.25) is 0 Å². The third-order valence-corrected chi connectivity index (χ3v) is 1.84. The molecule has 0 bridgehead atoms. The maximum atomic E-state index is 11.6. The number of ether oxygens (including phenoxy) is 1. The molecule has 0 heterocycles. The van der Waals surface area contributed by atoms with Gasteiger partial charge in [0.15, 0.2) is 6.61 Å². The van der Waals surface area contributed by atoms with Gasteiger partial charge in [0.25, 0.3) is 0 Å². The van der Waals surface area contributed by atoms with Crippen LogP contribution in [0.2, 0.25) is 0 Å². The van der Waals surface area contributed by atoms with Gasteiger partial charge in [-0.2, -0.15) is 13.2 Å². The molecule has 0 unspecified atom stereocenters. The molecule has 0 fully saturated rings. The molecule has 1 N–H and O–H groups in total. The summed E-state index contributed by atoms with van der Waals surface area (Å²) in [6.07, 6.45) is -2.74. The van der Waals surface area contributed by atoms with Gasteiger partial charge < -0.3 is 10.1 Å². The Labute approximate surface area is 93.3 Å². The molecule has 16 heavy (non-hydrogen) atoms. The van der Waals surface area contributed by atoms with Crippen LogP contribution in [-0.4, -0.2) is 25.4 Å². The number of alkyl halides is 3. The Morgan fingerprint density at radius 1 is 1.31 bits per heavy atom. The summed E-state index contributed by atoms with van der Waals surface area (Å²) in [6, 6.07) is 0. The minimum atomic E-state index is -4.46. The molecule has 0 aliphatic carbocycles. The molecule has 0 aliphatic rings. The van der Waals surface area contributed by atoms with Crippen LogP contribution in [0.25, 0.3) is 0 Å². The predicted octanol–water partition coefficient (Wildman–Crippen LogP) is 3.10. The number of carbonyl (C=O) groups is 1. The lowest BCUT2D eigenvalue weighted by Crippen LogP contribution is -2.29. The van der Waals surface area contributed by atoms with Crippen LogP contribution in [0.3, 0.4) is 0 Å². The predicted molar refractivity (Wildman–Crippen MR) is 54.1 cm³/mol. The Bertz CT molecular complexity index is 205. The quantitative estimate of drug-likeness (QED) is 0.725. The van der Waals surface area contributed by atoms with Gasteiger partial charge in [0.05, 0.1) is 0 Å². The summed E-state index contributed by atoms with van der Waals surface area (Å²) in [5, 5.41) is 2.27. The van der Waals surface area contributed by atoms with Crippen LogP contribution in [0, 0.1) is 5.92 Å². The normalized spacial score (nSPS) is 11.6. The van der Waals surface area contributed by atoms with Crippen LogP contribution >= 0.6 is 0 Å². The molecule has 0 saturated carbocycles. The lowest BCUT2D eigenvalue weighted by molar-refractivity contribution is -0.160. The fourth-order valence-corrected chi connectivity index (χ4v) is 1.07. The molecule has 0 aromatic rings. The number of rotatable bonds is 6. The van der Waals surface area contributed by atoms with Gasteiger partial charge in [-0.3, -0.25) is 0 Å². The van der Waals surface area contributed by atoms with Gasteiger partial charge in [0.1, 0.15) is 0 Å². The minimum Gasteiger partial charge on any atom is -0.440 e. The summed E-state index contributed by atoms with van der Waals surface area (Å²) in [4.78, 5) is 10.8. The third-order valence-electron chi connectivity index (χ3n) is 1.84. The standard InChI is InChI=1S/C10H18F3NO2/c1-8(2)5-3-4-6-14-9(15)16-7-10(11,12)13/h8H,3-7H2,1-2H3,(H,14,15). The highest BCUT2D eigenvalue weighted by Gasteiger charge is 2.29. The monoisotopic (exact) mass is 241 g/mol. The highest BCUT2D eigenvalue weighted by atomic mass is 19.4. The van der Waals surface area contributed by atoms with Gasteiger partial charge >= 0.3 is 12.3 Å². The van der Waals surface area contributed by atoms with Crippen molar-refractivity contribution in [2.75, 3.05) is 13.2 Å². The topological polar surface area (TPSA) is 38.3 Å². The number of amides is 1. The zero-order valence-corrected chi connectivity index (χ0v) is 9.56. The van der Waals surface area contributed by atoms with Gasteiger partial charge in [-0.15, -0.1) is 0 Å². The van der Waals surface area contributed by atoms with Crippen LogP contribution < -0.4 is 5.32 Å². The second-order valence-corrected chi connectivity index (χ2v) is 4.01. The van der Waals surface area contributed by atoms with Crippen molar-refractivity contribution in [3.8, 4) is 0 Å². The Hall–Kier alpha value is -0.940. The molecule has 0 aliphatic heterocycles. The van der Waals surface area contributed by atoms with E-state index in [4.69, 9.17) is 0 Å². The van der Waals surface area contributed by atoms with E-state index in [0.29, 0.717) is 12.5 Å². The average molecular weight is 241 g/mol. The van der Waals surface area contributed by atoms with E-state index in [-0.39, 0.29) is 0 Å². The molecule has 0 aromatic heterocycles. The second-order valence-electron chi connectivity index (χ2n) is 4.01. The Kier molecular flexibility index (Phi) is 6.92. The summed E-state index contributed by atoms with van der Waals surface area (Å²) in [6.45, 7) is 2.99. The number of hydrogen-bond acceptors (Lipinski definition) is 2. The molecule has 0 atom stereocenters. The minimum absolute atomic E-state index is 0.351. The molecule has 0 radical (unpaired) electrons. The van der Waals surface area contributed by atoms with Crippen molar-refractivity contribution in [1.29, 1.82) is 0 Å². The zero-order chi connectivity index (χ0) is 12.6. The molecular weight excluding hydrogens is 223 g/mol. The van der Waals surface area contributed by atoms with Crippen LogP contribution in [0.15, 0.2) is 0 Å². The van der Waals surface area contributed by atoms with E-state index in [9.17, 15) is 18.0 Å². The van der Waals surface area contributed by atoms with Gasteiger partial charge in [-0.1, -0.05) is 26.7 Å². The molecule has 0 saturated heterocycles. The third kappa shape index (κ3) is 11.1. The number of alkyl carbamates (subject to hydrolysis) is 1. The molecular formula is C10H18F3NO2. The molecule has 0 rings (SSSR count). The summed E-state index contributed by atoms with van der Waals surface area (Å²) >= 11 is 0. The molecule has 3 nitrogen and oxygen atoms in total. The van der Waals surface area contributed by atoms with Crippen molar-refractivity contribution in [2.45, 2.75) is 39.3 Å². The van der Waals surface area contributed by atoms with Gasteiger partial charge in [0, 0.05) is 6.54 Å². The molecule has 1 amide bonds. The molecule has 96 valence electrons. The molecule has 0 aromatic carbocycles. The first kappa shape index (κ1) is 15.1. The van der Waals surface area contributed by atoms with E-state index in [1.807, 2.05) is 0 Å². The second kappa shape index (κ2) is 7.35. The fraction of sp³-hybridized carbons (Fsp3) is 0.900. The largest absolute Gasteiger partial charge is 0.440 e. The fourth-order valence-electron chi connectivity index (χ4n) is 1.07. The van der Waals surface area contributed by atoms with E-state index < -0.39 is 18.9 Å². The first-order chi connectivity index (χ1) is 7.31. The van der Waals surface area contributed by atoms with Crippen LogP contribution in [0.4, 0.5) is 18.0 Å². The molecule has 6 heteroatoms. The first-order valence-corrected chi connectivity index (χ1v) is 5.28. The Morgan fingerprint density at radius 3 is 2.44 bits per heavy atom. The van der Waals surface area contributed by atoms with E-state index in [1.165, 1.54) is 0 Å².